The van der Waals surface area contributed by atoms with Gasteiger partial charge in [-0.15, -0.1) is 0 Å². The first-order chi connectivity index (χ1) is 15.5. The second-order valence-electron chi connectivity index (χ2n) is 7.62. The van der Waals surface area contributed by atoms with Gasteiger partial charge in [0, 0.05) is 5.56 Å². The maximum atomic E-state index is 13.4. The average Bonchev–Trinajstić information content (AvgIpc) is 3.26. The molecular formula is C25H20N2O4S. The highest BCUT2D eigenvalue weighted by molar-refractivity contribution is 7.99. The number of Topliss-reactive ketones (excluding diaryl/α,β-unsaturated/α-hetero) is 1. The van der Waals surface area contributed by atoms with E-state index in [4.69, 9.17) is 14.5 Å². The molecule has 0 spiro atoms. The van der Waals surface area contributed by atoms with E-state index in [1.807, 2.05) is 50.2 Å². The van der Waals surface area contributed by atoms with Gasteiger partial charge in [-0.05, 0) is 55.8 Å². The first kappa shape index (κ1) is 20.3. The number of aryl methyl sites for hydroxylation is 2. The molecule has 0 N–H and O–H groups in total. The van der Waals surface area contributed by atoms with E-state index in [0.29, 0.717) is 33.1 Å². The van der Waals surface area contributed by atoms with Crippen LogP contribution in [0, 0.1) is 13.8 Å². The van der Waals surface area contributed by atoms with Crippen molar-refractivity contribution in [1.29, 1.82) is 0 Å². The number of hydrogen-bond acceptors (Lipinski definition) is 6. The molecule has 32 heavy (non-hydrogen) atoms. The van der Waals surface area contributed by atoms with Gasteiger partial charge in [-0.2, -0.15) is 0 Å². The Kier molecular flexibility index (Phi) is 5.19. The van der Waals surface area contributed by atoms with E-state index in [0.717, 1.165) is 16.8 Å². The van der Waals surface area contributed by atoms with Crippen LogP contribution in [-0.4, -0.2) is 27.9 Å². The molecule has 3 aromatic carbocycles. The fourth-order valence-corrected chi connectivity index (χ4v) is 4.66. The summed E-state index contributed by atoms with van der Waals surface area (Å²) in [5.41, 5.74) is 3.82. The number of benzene rings is 3. The van der Waals surface area contributed by atoms with Gasteiger partial charge in [0.25, 0.3) is 5.56 Å². The van der Waals surface area contributed by atoms with E-state index >= 15 is 0 Å². The van der Waals surface area contributed by atoms with Crippen LogP contribution in [0.3, 0.4) is 0 Å². The number of hydrogen-bond donors (Lipinski definition) is 0. The average molecular weight is 445 g/mol. The van der Waals surface area contributed by atoms with Gasteiger partial charge >= 0.3 is 0 Å². The van der Waals surface area contributed by atoms with Crippen molar-refractivity contribution in [2.75, 3.05) is 12.5 Å². The third-order valence-electron chi connectivity index (χ3n) is 5.37. The highest BCUT2D eigenvalue weighted by Crippen LogP contribution is 2.33. The van der Waals surface area contributed by atoms with Crippen molar-refractivity contribution >= 4 is 28.4 Å². The lowest BCUT2D eigenvalue weighted by Gasteiger charge is -2.15. The van der Waals surface area contributed by atoms with Crippen LogP contribution in [0.5, 0.6) is 11.5 Å². The van der Waals surface area contributed by atoms with E-state index < -0.39 is 0 Å². The Morgan fingerprint density at radius 1 is 1.03 bits per heavy atom. The van der Waals surface area contributed by atoms with Crippen molar-refractivity contribution in [3.63, 3.8) is 0 Å². The molecule has 4 aromatic rings. The zero-order valence-electron chi connectivity index (χ0n) is 17.6. The number of carbonyl (C=O) groups excluding carboxylic acids is 1. The molecular weight excluding hydrogens is 424 g/mol. The van der Waals surface area contributed by atoms with Crippen LogP contribution < -0.4 is 15.0 Å². The van der Waals surface area contributed by atoms with Gasteiger partial charge in [0.05, 0.1) is 22.3 Å². The lowest BCUT2D eigenvalue weighted by molar-refractivity contribution is 0.102. The predicted molar refractivity (Wildman–Crippen MR) is 124 cm³/mol. The maximum Gasteiger partial charge on any atom is 0.266 e. The Morgan fingerprint density at radius 2 is 1.84 bits per heavy atom. The molecule has 1 aliphatic heterocycles. The molecule has 0 saturated carbocycles. The van der Waals surface area contributed by atoms with E-state index in [1.54, 1.807) is 28.8 Å². The van der Waals surface area contributed by atoms with Crippen molar-refractivity contribution in [3.8, 4) is 17.2 Å². The standard InChI is InChI=1S/C25H20N2O4S/c1-15-7-9-20(16(2)11-15)27-24(29)18-5-3-4-6-19(18)26-25(27)32-13-21(28)17-8-10-22-23(12-17)31-14-30-22/h3-12H,13-14H2,1-2H3. The molecule has 2 heterocycles. The molecule has 0 fully saturated rings. The third-order valence-corrected chi connectivity index (χ3v) is 6.30. The number of rotatable bonds is 5. The van der Waals surface area contributed by atoms with Crippen LogP contribution in [0.2, 0.25) is 0 Å². The molecule has 6 nitrogen and oxygen atoms in total. The van der Waals surface area contributed by atoms with Crippen LogP contribution in [0.15, 0.2) is 70.6 Å². The minimum absolute atomic E-state index is 0.0807. The zero-order chi connectivity index (χ0) is 22.2. The second-order valence-corrected chi connectivity index (χ2v) is 8.56. The Balaban J connectivity index is 1.54. The van der Waals surface area contributed by atoms with Crippen LogP contribution in [0.4, 0.5) is 0 Å². The third kappa shape index (κ3) is 3.65. The summed E-state index contributed by atoms with van der Waals surface area (Å²) in [5.74, 6) is 1.25. The summed E-state index contributed by atoms with van der Waals surface area (Å²) in [4.78, 5) is 31.0. The lowest BCUT2D eigenvalue weighted by atomic mass is 10.1. The van der Waals surface area contributed by atoms with Crippen LogP contribution in [0.25, 0.3) is 16.6 Å². The minimum atomic E-state index is -0.152. The van der Waals surface area contributed by atoms with Gasteiger partial charge in [0.15, 0.2) is 22.4 Å². The van der Waals surface area contributed by atoms with Crippen LogP contribution in [-0.2, 0) is 0 Å². The van der Waals surface area contributed by atoms with Crippen molar-refractivity contribution < 1.29 is 14.3 Å². The summed E-state index contributed by atoms with van der Waals surface area (Å²) < 4.78 is 12.3. The van der Waals surface area contributed by atoms with Gasteiger partial charge in [-0.25, -0.2) is 4.98 Å². The van der Waals surface area contributed by atoms with E-state index in [9.17, 15) is 9.59 Å². The molecule has 0 unspecified atom stereocenters. The van der Waals surface area contributed by atoms with E-state index in [-0.39, 0.29) is 23.9 Å². The molecule has 0 amide bonds. The maximum absolute atomic E-state index is 13.4. The molecule has 0 atom stereocenters. The van der Waals surface area contributed by atoms with Crippen LogP contribution >= 0.6 is 11.8 Å². The molecule has 0 bridgehead atoms. The van der Waals surface area contributed by atoms with Crippen molar-refractivity contribution in [3.05, 3.63) is 87.7 Å². The molecule has 7 heteroatoms. The molecule has 0 saturated heterocycles. The van der Waals surface area contributed by atoms with Crippen molar-refractivity contribution in [1.82, 2.24) is 9.55 Å². The molecule has 0 radical (unpaired) electrons. The fraction of sp³-hybridized carbons (Fsp3) is 0.160. The van der Waals surface area contributed by atoms with E-state index in [2.05, 4.69) is 0 Å². The largest absolute Gasteiger partial charge is 0.454 e. The molecule has 5 rings (SSSR count). The summed E-state index contributed by atoms with van der Waals surface area (Å²) in [5, 5.41) is 1.02. The summed E-state index contributed by atoms with van der Waals surface area (Å²) >= 11 is 1.25. The first-order valence-corrected chi connectivity index (χ1v) is 11.1. The quantitative estimate of drug-likeness (QED) is 0.252. The Bertz CT molecular complexity index is 1430. The van der Waals surface area contributed by atoms with Gasteiger partial charge in [-0.1, -0.05) is 41.6 Å². The SMILES string of the molecule is Cc1ccc(-n2c(SCC(=O)c3ccc4c(c3)OCO4)nc3ccccc3c2=O)c(C)c1. The summed E-state index contributed by atoms with van der Waals surface area (Å²) in [7, 11) is 0. The van der Waals surface area contributed by atoms with Crippen LogP contribution in [0.1, 0.15) is 21.5 Å². The number of ether oxygens (including phenoxy) is 2. The number of fused-ring (bicyclic) bond motifs is 2. The van der Waals surface area contributed by atoms with Crippen molar-refractivity contribution in [2.24, 2.45) is 0 Å². The van der Waals surface area contributed by atoms with Gasteiger partial charge < -0.3 is 9.47 Å². The Labute approximate surface area is 188 Å². The molecule has 1 aliphatic rings. The zero-order valence-corrected chi connectivity index (χ0v) is 18.4. The number of para-hydroxylation sites is 1. The number of ketones is 1. The summed E-state index contributed by atoms with van der Waals surface area (Å²) in [6.45, 7) is 4.14. The molecule has 0 aliphatic carbocycles. The minimum Gasteiger partial charge on any atom is -0.454 e. The smallest absolute Gasteiger partial charge is 0.266 e. The van der Waals surface area contributed by atoms with Gasteiger partial charge in [-0.3, -0.25) is 14.2 Å². The molecule has 160 valence electrons. The lowest BCUT2D eigenvalue weighted by Crippen LogP contribution is -2.23. The number of nitrogens with zero attached hydrogens (tertiary/aromatic N) is 2. The van der Waals surface area contributed by atoms with E-state index in [1.165, 1.54) is 11.8 Å². The predicted octanol–water partition coefficient (Wildman–Crippen LogP) is 4.71. The topological polar surface area (TPSA) is 70.4 Å². The number of thioether (sulfide) groups is 1. The van der Waals surface area contributed by atoms with Crippen molar-refractivity contribution in [2.45, 2.75) is 19.0 Å². The summed E-state index contributed by atoms with van der Waals surface area (Å²) in [6, 6.07) is 18.3. The monoisotopic (exact) mass is 444 g/mol. The Morgan fingerprint density at radius 3 is 2.69 bits per heavy atom. The fourth-order valence-electron chi connectivity index (χ4n) is 3.76. The van der Waals surface area contributed by atoms with Gasteiger partial charge in [0.1, 0.15) is 0 Å². The normalized spacial score (nSPS) is 12.3. The first-order valence-electron chi connectivity index (χ1n) is 10.2. The number of carbonyl (C=O) groups is 1. The second kappa shape index (κ2) is 8.16. The molecule has 1 aromatic heterocycles. The Hall–Kier alpha value is -3.58. The highest BCUT2D eigenvalue weighted by Gasteiger charge is 2.19. The summed E-state index contributed by atoms with van der Waals surface area (Å²) in [6.07, 6.45) is 0. The number of aromatic nitrogens is 2. The highest BCUT2D eigenvalue weighted by atomic mass is 32.2. The van der Waals surface area contributed by atoms with Gasteiger partial charge in [0.2, 0.25) is 6.79 Å².